The molecule has 7 heteroatoms. The molecule has 2 heterocycles. The first-order chi connectivity index (χ1) is 12.0. The summed E-state index contributed by atoms with van der Waals surface area (Å²) in [5.41, 5.74) is 1.74. The second-order valence-electron chi connectivity index (χ2n) is 5.89. The highest BCUT2D eigenvalue weighted by Crippen LogP contribution is 2.31. The van der Waals surface area contributed by atoms with Crippen LogP contribution in [0, 0.1) is 11.7 Å². The highest BCUT2D eigenvalue weighted by atomic mass is 19.1. The van der Waals surface area contributed by atoms with Gasteiger partial charge in [-0.1, -0.05) is 12.1 Å². The summed E-state index contributed by atoms with van der Waals surface area (Å²) in [7, 11) is 0. The van der Waals surface area contributed by atoms with Crippen molar-refractivity contribution in [3.8, 4) is 11.5 Å². The lowest BCUT2D eigenvalue weighted by molar-refractivity contribution is -0.141. The Hall–Kier alpha value is -3.22. The molecule has 0 spiro atoms. The van der Waals surface area contributed by atoms with Crippen molar-refractivity contribution in [2.45, 2.75) is 6.42 Å². The quantitative estimate of drug-likeness (QED) is 0.792. The van der Waals surface area contributed by atoms with Gasteiger partial charge in [0.1, 0.15) is 11.3 Å². The van der Waals surface area contributed by atoms with Gasteiger partial charge in [0, 0.05) is 18.7 Å². The number of anilines is 1. The number of rotatable bonds is 3. The first-order valence-corrected chi connectivity index (χ1v) is 7.71. The minimum atomic E-state index is -0.986. The molecule has 1 fully saturated rings. The predicted octanol–water partition coefficient (Wildman–Crippen LogP) is 3.07. The van der Waals surface area contributed by atoms with Gasteiger partial charge in [0.15, 0.2) is 5.58 Å². The number of amides is 1. The number of hydrogen-bond donors (Lipinski definition) is 1. The molecule has 0 saturated carbocycles. The molecule has 0 radical (unpaired) electrons. The van der Waals surface area contributed by atoms with Crippen molar-refractivity contribution in [1.82, 2.24) is 4.98 Å². The van der Waals surface area contributed by atoms with Crippen LogP contribution in [-0.4, -0.2) is 28.5 Å². The van der Waals surface area contributed by atoms with Crippen molar-refractivity contribution >= 4 is 28.7 Å². The average Bonchev–Trinajstić information content (AvgIpc) is 3.18. The van der Waals surface area contributed by atoms with Crippen molar-refractivity contribution in [1.29, 1.82) is 0 Å². The summed E-state index contributed by atoms with van der Waals surface area (Å²) in [4.78, 5) is 28.9. The molecule has 1 atom stereocenters. The zero-order chi connectivity index (χ0) is 17.6. The molecule has 1 saturated heterocycles. The van der Waals surface area contributed by atoms with Crippen molar-refractivity contribution < 1.29 is 23.5 Å². The van der Waals surface area contributed by atoms with Crippen molar-refractivity contribution in [3.63, 3.8) is 0 Å². The number of fused-ring (bicyclic) bond motifs is 1. The number of hydrogen-bond acceptors (Lipinski definition) is 4. The number of aromatic nitrogens is 1. The molecule has 0 bridgehead atoms. The summed E-state index contributed by atoms with van der Waals surface area (Å²) < 4.78 is 19.5. The summed E-state index contributed by atoms with van der Waals surface area (Å²) in [6.45, 7) is 0.123. The van der Waals surface area contributed by atoms with E-state index in [2.05, 4.69) is 4.98 Å². The summed E-state index contributed by atoms with van der Waals surface area (Å²) >= 11 is 0. The van der Waals surface area contributed by atoms with Gasteiger partial charge in [-0.2, -0.15) is 0 Å². The Morgan fingerprint density at radius 2 is 2.08 bits per heavy atom. The summed E-state index contributed by atoms with van der Waals surface area (Å²) in [5.74, 6) is -2.23. The van der Waals surface area contributed by atoms with E-state index in [1.807, 2.05) is 0 Å². The van der Waals surface area contributed by atoms with Crippen LogP contribution in [0.1, 0.15) is 6.42 Å². The standard InChI is InChI=1S/C18H13FN2O4/c19-13-4-2-1-3-12(13)17-20-14-8-11(5-6-15(14)25-17)21-9-10(18(23)24)7-16(21)22/h1-6,8,10H,7,9H2,(H,23,24)/t10-/m1/s1. The molecule has 1 aliphatic rings. The topological polar surface area (TPSA) is 83.6 Å². The molecule has 4 rings (SSSR count). The van der Waals surface area contributed by atoms with Crippen LogP contribution in [-0.2, 0) is 9.59 Å². The van der Waals surface area contributed by atoms with Gasteiger partial charge < -0.3 is 14.4 Å². The van der Waals surface area contributed by atoms with Crippen molar-refractivity contribution in [2.75, 3.05) is 11.4 Å². The Bertz CT molecular complexity index is 998. The van der Waals surface area contributed by atoms with Gasteiger partial charge in [-0.15, -0.1) is 0 Å². The van der Waals surface area contributed by atoms with Gasteiger partial charge in [-0.05, 0) is 30.3 Å². The molecule has 25 heavy (non-hydrogen) atoms. The van der Waals surface area contributed by atoms with Gasteiger partial charge in [-0.25, -0.2) is 9.37 Å². The first-order valence-electron chi connectivity index (χ1n) is 7.71. The van der Waals surface area contributed by atoms with Crippen LogP contribution in [0.2, 0.25) is 0 Å². The van der Waals surface area contributed by atoms with E-state index < -0.39 is 17.7 Å². The molecule has 0 aliphatic carbocycles. The second kappa shape index (κ2) is 5.70. The Morgan fingerprint density at radius 1 is 1.28 bits per heavy atom. The maximum Gasteiger partial charge on any atom is 0.308 e. The van der Waals surface area contributed by atoms with Gasteiger partial charge >= 0.3 is 5.97 Å². The minimum absolute atomic E-state index is 0.0212. The maximum absolute atomic E-state index is 13.9. The largest absolute Gasteiger partial charge is 0.481 e. The van der Waals surface area contributed by atoms with Gasteiger partial charge in [0.25, 0.3) is 0 Å². The van der Waals surface area contributed by atoms with Crippen LogP contribution in [0.25, 0.3) is 22.6 Å². The highest BCUT2D eigenvalue weighted by molar-refractivity contribution is 6.00. The van der Waals surface area contributed by atoms with Gasteiger partial charge in [0.05, 0.1) is 11.5 Å². The fourth-order valence-corrected chi connectivity index (χ4v) is 2.96. The molecule has 1 amide bonds. The third-order valence-electron chi connectivity index (χ3n) is 4.26. The van der Waals surface area contributed by atoms with E-state index >= 15 is 0 Å². The molecule has 0 unspecified atom stereocenters. The van der Waals surface area contributed by atoms with E-state index in [4.69, 9.17) is 9.52 Å². The molecule has 126 valence electrons. The molecule has 3 aromatic rings. The van der Waals surface area contributed by atoms with E-state index in [1.54, 1.807) is 36.4 Å². The average molecular weight is 340 g/mol. The number of benzene rings is 2. The number of carboxylic acid groups (broad SMARTS) is 1. The molecular weight excluding hydrogens is 327 g/mol. The van der Waals surface area contributed by atoms with Gasteiger partial charge in [0.2, 0.25) is 11.8 Å². The van der Waals surface area contributed by atoms with Crippen LogP contribution in [0.15, 0.2) is 46.9 Å². The summed E-state index contributed by atoms with van der Waals surface area (Å²) in [6.07, 6.45) is -0.0212. The number of oxazole rings is 1. The number of carbonyl (C=O) groups is 2. The number of aliphatic carboxylic acids is 1. The molecule has 1 N–H and O–H groups in total. The Morgan fingerprint density at radius 3 is 2.80 bits per heavy atom. The van der Waals surface area contributed by atoms with Crippen LogP contribution in [0.5, 0.6) is 0 Å². The maximum atomic E-state index is 13.9. The third kappa shape index (κ3) is 2.63. The molecular formula is C18H13FN2O4. The van der Waals surface area contributed by atoms with Crippen LogP contribution < -0.4 is 4.90 Å². The Labute approximate surface area is 141 Å². The second-order valence-corrected chi connectivity index (χ2v) is 5.89. The summed E-state index contributed by atoms with van der Waals surface area (Å²) in [6, 6.07) is 11.1. The van der Waals surface area contributed by atoms with E-state index in [9.17, 15) is 14.0 Å². The van der Waals surface area contributed by atoms with E-state index in [0.717, 1.165) is 0 Å². The fraction of sp³-hybridized carbons (Fsp3) is 0.167. The van der Waals surface area contributed by atoms with Crippen molar-refractivity contribution in [2.24, 2.45) is 5.92 Å². The third-order valence-corrected chi connectivity index (χ3v) is 4.26. The number of nitrogens with zero attached hydrogens (tertiary/aromatic N) is 2. The van der Waals surface area contributed by atoms with Crippen LogP contribution >= 0.6 is 0 Å². The lowest BCUT2D eigenvalue weighted by Crippen LogP contribution is -2.25. The first kappa shape index (κ1) is 15.3. The van der Waals surface area contributed by atoms with E-state index in [-0.39, 0.29) is 30.3 Å². The monoisotopic (exact) mass is 340 g/mol. The fourth-order valence-electron chi connectivity index (χ4n) is 2.96. The molecule has 6 nitrogen and oxygen atoms in total. The number of carbonyl (C=O) groups excluding carboxylic acids is 1. The van der Waals surface area contributed by atoms with Crippen molar-refractivity contribution in [3.05, 3.63) is 48.3 Å². The Balaban J connectivity index is 1.71. The SMILES string of the molecule is O=C(O)[C@@H]1CC(=O)N(c2ccc3oc(-c4ccccc4F)nc3c2)C1. The minimum Gasteiger partial charge on any atom is -0.481 e. The Kier molecular flexibility index (Phi) is 3.49. The summed E-state index contributed by atoms with van der Waals surface area (Å²) in [5, 5.41) is 9.08. The number of carboxylic acids is 1. The van der Waals surface area contributed by atoms with E-state index in [1.165, 1.54) is 11.0 Å². The van der Waals surface area contributed by atoms with E-state index in [0.29, 0.717) is 16.8 Å². The molecule has 2 aromatic carbocycles. The van der Waals surface area contributed by atoms with Crippen LogP contribution in [0.3, 0.4) is 0 Å². The number of halogens is 1. The highest BCUT2D eigenvalue weighted by Gasteiger charge is 2.35. The smallest absolute Gasteiger partial charge is 0.308 e. The van der Waals surface area contributed by atoms with Crippen LogP contribution in [0.4, 0.5) is 10.1 Å². The normalized spacial score (nSPS) is 17.4. The predicted molar refractivity (Wildman–Crippen MR) is 87.5 cm³/mol. The molecule has 1 aromatic heterocycles. The molecule has 1 aliphatic heterocycles. The zero-order valence-electron chi connectivity index (χ0n) is 13.0. The van der Waals surface area contributed by atoms with Gasteiger partial charge in [-0.3, -0.25) is 9.59 Å². The lowest BCUT2D eigenvalue weighted by atomic mass is 10.1. The lowest BCUT2D eigenvalue weighted by Gasteiger charge is -2.15. The zero-order valence-corrected chi connectivity index (χ0v) is 13.0.